The van der Waals surface area contributed by atoms with E-state index < -0.39 is 0 Å². The highest BCUT2D eigenvalue weighted by atomic mass is 32.1. The van der Waals surface area contributed by atoms with Crippen LogP contribution in [-0.4, -0.2) is 37.1 Å². The molecule has 1 fully saturated rings. The SMILES string of the molecule is O=C(CN1CCCC1c1ccccc1)N(Cc1cccs1)c1ccc2c(c1)OCCO2. The highest BCUT2D eigenvalue weighted by Crippen LogP contribution is 2.36. The molecule has 0 bridgehead atoms. The Kier molecular flexibility index (Phi) is 5.91. The average Bonchev–Trinajstić information content (AvgIpc) is 3.50. The largest absolute Gasteiger partial charge is 0.486 e. The van der Waals surface area contributed by atoms with Crippen molar-refractivity contribution in [3.63, 3.8) is 0 Å². The summed E-state index contributed by atoms with van der Waals surface area (Å²) in [5.41, 5.74) is 2.13. The van der Waals surface area contributed by atoms with Crippen molar-refractivity contribution in [2.45, 2.75) is 25.4 Å². The Balaban J connectivity index is 1.39. The van der Waals surface area contributed by atoms with Crippen LogP contribution in [0.15, 0.2) is 66.0 Å². The fourth-order valence-corrected chi connectivity index (χ4v) is 5.10. The lowest BCUT2D eigenvalue weighted by atomic mass is 10.0. The van der Waals surface area contributed by atoms with Crippen molar-refractivity contribution in [3.05, 3.63) is 76.5 Å². The van der Waals surface area contributed by atoms with Gasteiger partial charge in [-0.15, -0.1) is 11.3 Å². The molecule has 0 aliphatic carbocycles. The Labute approximate surface area is 186 Å². The van der Waals surface area contributed by atoms with Crippen molar-refractivity contribution in [2.24, 2.45) is 0 Å². The average molecular weight is 435 g/mol. The first-order valence-corrected chi connectivity index (χ1v) is 11.7. The molecule has 160 valence electrons. The van der Waals surface area contributed by atoms with Gasteiger partial charge in [0.05, 0.1) is 13.1 Å². The molecule has 2 aromatic carbocycles. The maximum atomic E-state index is 13.6. The molecule has 2 aliphatic rings. The van der Waals surface area contributed by atoms with Crippen molar-refractivity contribution in [3.8, 4) is 11.5 Å². The first kappa shape index (κ1) is 20.1. The maximum absolute atomic E-state index is 13.6. The van der Waals surface area contributed by atoms with Gasteiger partial charge in [0.25, 0.3) is 0 Å². The fourth-order valence-electron chi connectivity index (χ4n) is 4.41. The van der Waals surface area contributed by atoms with Crippen LogP contribution in [0.5, 0.6) is 11.5 Å². The van der Waals surface area contributed by atoms with E-state index in [1.807, 2.05) is 40.6 Å². The van der Waals surface area contributed by atoms with Gasteiger partial charge in [0.15, 0.2) is 11.5 Å². The highest BCUT2D eigenvalue weighted by Gasteiger charge is 2.30. The normalized spacial score (nSPS) is 18.1. The molecule has 3 heterocycles. The summed E-state index contributed by atoms with van der Waals surface area (Å²) >= 11 is 1.67. The summed E-state index contributed by atoms with van der Waals surface area (Å²) < 4.78 is 11.4. The lowest BCUT2D eigenvalue weighted by Crippen LogP contribution is -2.40. The smallest absolute Gasteiger partial charge is 0.241 e. The predicted molar refractivity (Wildman–Crippen MR) is 123 cm³/mol. The molecule has 6 heteroatoms. The summed E-state index contributed by atoms with van der Waals surface area (Å²) in [4.78, 5) is 18.9. The van der Waals surface area contributed by atoms with E-state index >= 15 is 0 Å². The van der Waals surface area contributed by atoms with Crippen molar-refractivity contribution in [2.75, 3.05) is 31.2 Å². The van der Waals surface area contributed by atoms with Crippen molar-refractivity contribution < 1.29 is 14.3 Å². The third kappa shape index (κ3) is 4.45. The third-order valence-corrected chi connectivity index (χ3v) is 6.78. The van der Waals surface area contributed by atoms with Crippen LogP contribution >= 0.6 is 11.3 Å². The van der Waals surface area contributed by atoms with Gasteiger partial charge >= 0.3 is 0 Å². The van der Waals surface area contributed by atoms with Gasteiger partial charge in [-0.2, -0.15) is 0 Å². The molecule has 5 nitrogen and oxygen atoms in total. The molecular weight excluding hydrogens is 408 g/mol. The molecule has 3 aromatic rings. The molecule has 31 heavy (non-hydrogen) atoms. The number of benzene rings is 2. The van der Waals surface area contributed by atoms with E-state index in [1.165, 1.54) is 5.56 Å². The number of likely N-dealkylation sites (tertiary alicyclic amines) is 1. The number of carbonyl (C=O) groups excluding carboxylic acids is 1. The van der Waals surface area contributed by atoms with Gasteiger partial charge in [-0.25, -0.2) is 0 Å². The molecule has 2 aliphatic heterocycles. The first-order valence-electron chi connectivity index (χ1n) is 10.8. The van der Waals surface area contributed by atoms with E-state index in [2.05, 4.69) is 35.2 Å². The maximum Gasteiger partial charge on any atom is 0.241 e. The van der Waals surface area contributed by atoms with Crippen LogP contribution in [0.4, 0.5) is 5.69 Å². The van der Waals surface area contributed by atoms with E-state index in [-0.39, 0.29) is 5.91 Å². The predicted octanol–water partition coefficient (Wildman–Crippen LogP) is 4.89. The van der Waals surface area contributed by atoms with Gasteiger partial charge in [-0.3, -0.25) is 9.69 Å². The lowest BCUT2D eigenvalue weighted by molar-refractivity contribution is -0.120. The molecule has 0 spiro atoms. The van der Waals surface area contributed by atoms with Crippen LogP contribution in [0.3, 0.4) is 0 Å². The Bertz CT molecular complexity index is 1020. The van der Waals surface area contributed by atoms with Crippen LogP contribution in [0.2, 0.25) is 0 Å². The number of nitrogens with zero attached hydrogens (tertiary/aromatic N) is 2. The molecule has 0 N–H and O–H groups in total. The molecule has 1 unspecified atom stereocenters. The Hall–Kier alpha value is -2.83. The van der Waals surface area contributed by atoms with E-state index in [0.29, 0.717) is 38.1 Å². The van der Waals surface area contributed by atoms with E-state index in [1.54, 1.807) is 11.3 Å². The van der Waals surface area contributed by atoms with Crippen molar-refractivity contribution >= 4 is 22.9 Å². The minimum Gasteiger partial charge on any atom is -0.486 e. The molecule has 0 radical (unpaired) electrons. The second-order valence-electron chi connectivity index (χ2n) is 7.93. The Morgan fingerprint density at radius 2 is 1.87 bits per heavy atom. The Morgan fingerprint density at radius 3 is 2.68 bits per heavy atom. The second kappa shape index (κ2) is 9.12. The number of carbonyl (C=O) groups is 1. The Morgan fingerprint density at radius 1 is 1.03 bits per heavy atom. The highest BCUT2D eigenvalue weighted by molar-refractivity contribution is 7.09. The topological polar surface area (TPSA) is 42.0 Å². The molecule has 1 atom stereocenters. The summed E-state index contributed by atoms with van der Waals surface area (Å²) in [6.45, 7) is 2.99. The third-order valence-electron chi connectivity index (χ3n) is 5.92. The van der Waals surface area contributed by atoms with Gasteiger partial charge < -0.3 is 14.4 Å². The first-order chi connectivity index (χ1) is 15.3. The minimum absolute atomic E-state index is 0.105. The number of hydrogen-bond donors (Lipinski definition) is 0. The number of hydrogen-bond acceptors (Lipinski definition) is 5. The van der Waals surface area contributed by atoms with Crippen LogP contribution in [0.1, 0.15) is 29.3 Å². The molecule has 1 amide bonds. The molecule has 5 rings (SSSR count). The van der Waals surface area contributed by atoms with Crippen LogP contribution < -0.4 is 14.4 Å². The summed E-state index contributed by atoms with van der Waals surface area (Å²) in [5, 5.41) is 2.05. The number of amides is 1. The number of fused-ring (bicyclic) bond motifs is 1. The van der Waals surface area contributed by atoms with Gasteiger partial charge in [-0.1, -0.05) is 36.4 Å². The van der Waals surface area contributed by atoms with E-state index in [4.69, 9.17) is 9.47 Å². The van der Waals surface area contributed by atoms with E-state index in [0.717, 1.165) is 35.7 Å². The summed E-state index contributed by atoms with van der Waals surface area (Å²) in [6.07, 6.45) is 2.20. The van der Waals surface area contributed by atoms with Gasteiger partial charge in [0.2, 0.25) is 5.91 Å². The van der Waals surface area contributed by atoms with Crippen LogP contribution in [0, 0.1) is 0 Å². The minimum atomic E-state index is 0.105. The molecule has 0 saturated carbocycles. The molecular formula is C25H26N2O3S. The quantitative estimate of drug-likeness (QED) is 0.554. The number of thiophene rings is 1. The zero-order valence-electron chi connectivity index (χ0n) is 17.4. The standard InChI is InChI=1S/C25H26N2O3S/c28-25(18-26-12-4-9-22(26)19-6-2-1-3-7-19)27(17-21-8-5-15-31-21)20-10-11-23-24(16-20)30-14-13-29-23/h1-3,5-8,10-11,15-16,22H,4,9,12-14,17-18H2. The fraction of sp³-hybridized carbons (Fsp3) is 0.320. The molecule has 1 aromatic heterocycles. The number of rotatable bonds is 6. The summed E-state index contributed by atoms with van der Waals surface area (Å²) in [5.74, 6) is 1.55. The summed E-state index contributed by atoms with van der Waals surface area (Å²) in [6, 6.07) is 20.7. The summed E-state index contributed by atoms with van der Waals surface area (Å²) in [7, 11) is 0. The van der Waals surface area contributed by atoms with Crippen LogP contribution in [-0.2, 0) is 11.3 Å². The lowest BCUT2D eigenvalue weighted by Gasteiger charge is -2.29. The van der Waals surface area contributed by atoms with Gasteiger partial charge in [0.1, 0.15) is 13.2 Å². The van der Waals surface area contributed by atoms with Crippen LogP contribution in [0.25, 0.3) is 0 Å². The zero-order chi connectivity index (χ0) is 21.0. The van der Waals surface area contributed by atoms with E-state index in [9.17, 15) is 4.79 Å². The van der Waals surface area contributed by atoms with Gasteiger partial charge in [0, 0.05) is 22.7 Å². The van der Waals surface area contributed by atoms with Gasteiger partial charge in [-0.05, 0) is 48.5 Å². The zero-order valence-corrected chi connectivity index (χ0v) is 18.2. The van der Waals surface area contributed by atoms with Crippen molar-refractivity contribution in [1.82, 2.24) is 4.90 Å². The number of ether oxygens (including phenoxy) is 2. The number of anilines is 1. The van der Waals surface area contributed by atoms with Crippen molar-refractivity contribution in [1.29, 1.82) is 0 Å². The monoisotopic (exact) mass is 434 g/mol. The second-order valence-corrected chi connectivity index (χ2v) is 8.96. The molecule has 1 saturated heterocycles.